The van der Waals surface area contributed by atoms with Crippen molar-refractivity contribution in [2.75, 3.05) is 0 Å². The van der Waals surface area contributed by atoms with Gasteiger partial charge in [0.1, 0.15) is 0 Å². The van der Waals surface area contributed by atoms with E-state index in [0.717, 1.165) is 50.0 Å². The van der Waals surface area contributed by atoms with Crippen LogP contribution in [0.2, 0.25) is 0 Å². The monoisotopic (exact) mass is 513 g/mol. The summed E-state index contributed by atoms with van der Waals surface area (Å²) in [4.78, 5) is 14.8. The van der Waals surface area contributed by atoms with E-state index < -0.39 is 0 Å². The van der Waals surface area contributed by atoms with E-state index in [1.807, 2.05) is 115 Å². The normalized spacial score (nSPS) is 11.0. The molecule has 0 saturated heterocycles. The first-order valence-corrected chi connectivity index (χ1v) is 13.1. The molecule has 0 bridgehead atoms. The molecule has 2 aromatic heterocycles. The molecular weight excluding hydrogens is 490 g/mol. The van der Waals surface area contributed by atoms with Crippen LogP contribution in [0.1, 0.15) is 0 Å². The van der Waals surface area contributed by atoms with Crippen molar-refractivity contribution in [3.63, 3.8) is 0 Å². The van der Waals surface area contributed by atoms with Gasteiger partial charge in [0.15, 0.2) is 17.5 Å². The van der Waals surface area contributed by atoms with E-state index in [0.29, 0.717) is 17.5 Å². The molecule has 0 fully saturated rings. The predicted octanol–water partition coefficient (Wildman–Crippen LogP) is 8.15. The average Bonchev–Trinajstić information content (AvgIpc) is 3.05. The zero-order valence-electron chi connectivity index (χ0n) is 21.5. The number of aromatic nitrogens is 5. The molecule has 5 heteroatoms. The molecule has 0 aliphatic rings. The Morgan fingerprint density at radius 1 is 0.350 bits per heavy atom. The van der Waals surface area contributed by atoms with Crippen molar-refractivity contribution in [1.82, 2.24) is 25.1 Å². The summed E-state index contributed by atoms with van der Waals surface area (Å²) >= 11 is 0. The van der Waals surface area contributed by atoms with Gasteiger partial charge in [0, 0.05) is 27.8 Å². The van der Waals surface area contributed by atoms with E-state index in [2.05, 4.69) is 29.4 Å². The lowest BCUT2D eigenvalue weighted by atomic mass is 9.95. The van der Waals surface area contributed by atoms with Crippen LogP contribution in [0.15, 0.2) is 140 Å². The molecule has 7 aromatic rings. The van der Waals surface area contributed by atoms with Crippen LogP contribution in [-0.2, 0) is 0 Å². The molecule has 2 heterocycles. The van der Waals surface area contributed by atoms with Crippen molar-refractivity contribution < 1.29 is 0 Å². The summed E-state index contributed by atoms with van der Waals surface area (Å²) in [5.41, 5.74) is 6.28. The second kappa shape index (κ2) is 10.3. The highest BCUT2D eigenvalue weighted by Gasteiger charge is 2.19. The Labute approximate surface area is 231 Å². The summed E-state index contributed by atoms with van der Waals surface area (Å²) in [6, 6.07) is 46.6. The second-order valence-electron chi connectivity index (χ2n) is 9.42. The summed E-state index contributed by atoms with van der Waals surface area (Å²) in [6.45, 7) is 0. The summed E-state index contributed by atoms with van der Waals surface area (Å²) in [7, 11) is 0. The van der Waals surface area contributed by atoms with Gasteiger partial charge in [-0.2, -0.15) is 0 Å². The highest BCUT2D eigenvalue weighted by Crippen LogP contribution is 2.37. The van der Waals surface area contributed by atoms with E-state index in [4.69, 9.17) is 20.1 Å². The van der Waals surface area contributed by atoms with Crippen LogP contribution in [0.4, 0.5) is 0 Å². The van der Waals surface area contributed by atoms with Gasteiger partial charge in [0.05, 0.1) is 11.4 Å². The fourth-order valence-electron chi connectivity index (χ4n) is 4.89. The molecule has 0 N–H and O–H groups in total. The molecule has 0 radical (unpaired) electrons. The molecule has 0 saturated carbocycles. The van der Waals surface area contributed by atoms with Gasteiger partial charge in [-0.1, -0.05) is 121 Å². The number of rotatable bonds is 5. The SMILES string of the molecule is c1ccc(-c2ccc(-c3c(-c4nc(-c5ccccc5)nc(-c5ccccc5)n4)ccc4ccccc34)nn2)cc1. The molecule has 40 heavy (non-hydrogen) atoms. The Morgan fingerprint density at radius 3 is 1.45 bits per heavy atom. The summed E-state index contributed by atoms with van der Waals surface area (Å²) in [6.07, 6.45) is 0. The third-order valence-corrected chi connectivity index (χ3v) is 6.86. The number of hydrogen-bond acceptors (Lipinski definition) is 5. The Kier molecular flexibility index (Phi) is 6.07. The molecule has 0 atom stereocenters. The van der Waals surface area contributed by atoms with Crippen molar-refractivity contribution in [2.45, 2.75) is 0 Å². The van der Waals surface area contributed by atoms with E-state index in [1.165, 1.54) is 0 Å². The molecule has 188 valence electrons. The molecule has 5 aromatic carbocycles. The maximum absolute atomic E-state index is 4.99. The van der Waals surface area contributed by atoms with Crippen LogP contribution >= 0.6 is 0 Å². The zero-order chi connectivity index (χ0) is 26.7. The van der Waals surface area contributed by atoms with Gasteiger partial charge >= 0.3 is 0 Å². The van der Waals surface area contributed by atoms with E-state index >= 15 is 0 Å². The molecule has 0 aliphatic heterocycles. The molecule has 7 rings (SSSR count). The Bertz CT molecular complexity index is 1860. The van der Waals surface area contributed by atoms with Crippen molar-refractivity contribution in [2.24, 2.45) is 0 Å². The lowest BCUT2D eigenvalue weighted by Gasteiger charge is -2.14. The largest absolute Gasteiger partial charge is 0.208 e. The molecule has 0 unspecified atom stereocenters. The molecule has 0 spiro atoms. The Hall–Kier alpha value is -5.55. The first kappa shape index (κ1) is 23.6. The Morgan fingerprint density at radius 2 is 0.850 bits per heavy atom. The average molecular weight is 514 g/mol. The first-order valence-electron chi connectivity index (χ1n) is 13.1. The maximum Gasteiger partial charge on any atom is 0.164 e. The predicted molar refractivity (Wildman–Crippen MR) is 160 cm³/mol. The van der Waals surface area contributed by atoms with Crippen molar-refractivity contribution in [1.29, 1.82) is 0 Å². The molecule has 0 aliphatic carbocycles. The lowest BCUT2D eigenvalue weighted by molar-refractivity contribution is 1.04. The minimum Gasteiger partial charge on any atom is -0.208 e. The Balaban J connectivity index is 1.46. The fourth-order valence-corrected chi connectivity index (χ4v) is 4.89. The van der Waals surface area contributed by atoms with Crippen LogP contribution in [0.25, 0.3) is 67.5 Å². The molecular formula is C35H23N5. The van der Waals surface area contributed by atoms with Crippen LogP contribution in [0, 0.1) is 0 Å². The number of nitrogens with zero attached hydrogens (tertiary/aromatic N) is 5. The van der Waals surface area contributed by atoms with Gasteiger partial charge in [0.2, 0.25) is 0 Å². The highest BCUT2D eigenvalue weighted by molar-refractivity contribution is 6.02. The number of benzene rings is 5. The van der Waals surface area contributed by atoms with Gasteiger partial charge in [-0.05, 0) is 29.0 Å². The minimum absolute atomic E-state index is 0.586. The summed E-state index contributed by atoms with van der Waals surface area (Å²) in [5, 5.41) is 11.5. The third-order valence-electron chi connectivity index (χ3n) is 6.86. The summed E-state index contributed by atoms with van der Waals surface area (Å²) in [5.74, 6) is 1.82. The van der Waals surface area contributed by atoms with Crippen LogP contribution in [0.3, 0.4) is 0 Å². The van der Waals surface area contributed by atoms with E-state index in [9.17, 15) is 0 Å². The topological polar surface area (TPSA) is 64.5 Å². The molecule has 0 amide bonds. The minimum atomic E-state index is 0.586. The third kappa shape index (κ3) is 4.50. The first-order chi connectivity index (χ1) is 19.8. The lowest BCUT2D eigenvalue weighted by Crippen LogP contribution is -2.02. The highest BCUT2D eigenvalue weighted by atomic mass is 15.1. The van der Waals surface area contributed by atoms with E-state index in [-0.39, 0.29) is 0 Å². The van der Waals surface area contributed by atoms with E-state index in [1.54, 1.807) is 0 Å². The van der Waals surface area contributed by atoms with Crippen LogP contribution in [0.5, 0.6) is 0 Å². The fraction of sp³-hybridized carbons (Fsp3) is 0. The zero-order valence-corrected chi connectivity index (χ0v) is 21.5. The second-order valence-corrected chi connectivity index (χ2v) is 9.42. The van der Waals surface area contributed by atoms with Crippen LogP contribution < -0.4 is 0 Å². The van der Waals surface area contributed by atoms with Gasteiger partial charge in [-0.25, -0.2) is 15.0 Å². The van der Waals surface area contributed by atoms with Crippen LogP contribution in [-0.4, -0.2) is 25.1 Å². The van der Waals surface area contributed by atoms with Crippen molar-refractivity contribution >= 4 is 10.8 Å². The smallest absolute Gasteiger partial charge is 0.164 e. The van der Waals surface area contributed by atoms with Gasteiger partial charge in [-0.3, -0.25) is 0 Å². The van der Waals surface area contributed by atoms with Crippen molar-refractivity contribution in [3.05, 3.63) is 140 Å². The maximum atomic E-state index is 4.99. The number of hydrogen-bond donors (Lipinski definition) is 0. The van der Waals surface area contributed by atoms with Gasteiger partial charge in [-0.15, -0.1) is 10.2 Å². The van der Waals surface area contributed by atoms with Gasteiger partial charge < -0.3 is 0 Å². The summed E-state index contributed by atoms with van der Waals surface area (Å²) < 4.78 is 0. The van der Waals surface area contributed by atoms with Crippen molar-refractivity contribution in [3.8, 4) is 56.7 Å². The quantitative estimate of drug-likeness (QED) is 0.232. The standard InChI is InChI=1S/C35H23N5/c1-4-13-25(14-5-1)30-22-23-31(40-39-30)32-28-19-11-10-12-24(28)20-21-29(32)35-37-33(26-15-6-2-7-16-26)36-34(38-35)27-17-8-3-9-18-27/h1-23H. The molecule has 5 nitrogen and oxygen atoms in total. The number of fused-ring (bicyclic) bond motifs is 1. The van der Waals surface area contributed by atoms with Gasteiger partial charge in [0.25, 0.3) is 0 Å².